The van der Waals surface area contributed by atoms with Crippen LogP contribution >= 0.6 is 11.3 Å². The average Bonchev–Trinajstić information content (AvgIpc) is 2.96. The van der Waals surface area contributed by atoms with E-state index < -0.39 is 0 Å². The van der Waals surface area contributed by atoms with Crippen LogP contribution in [0.4, 0.5) is 5.69 Å². The third-order valence-electron chi connectivity index (χ3n) is 2.97. The number of carbonyl (C=O) groups is 2. The predicted octanol–water partition coefficient (Wildman–Crippen LogP) is 3.24. The van der Waals surface area contributed by atoms with Crippen LogP contribution in [0.2, 0.25) is 0 Å². The Bertz CT molecular complexity index is 722. The van der Waals surface area contributed by atoms with Crippen molar-refractivity contribution in [2.45, 2.75) is 20.3 Å². The number of aryl methyl sites for hydroxylation is 1. The number of thiazole rings is 1. The minimum Gasteiger partial charge on any atom is -0.352 e. The minimum atomic E-state index is -0.262. The molecule has 2 N–H and O–H groups in total. The number of nitrogens with one attached hydrogen (secondary N) is 2. The zero-order chi connectivity index (χ0) is 16.7. The van der Waals surface area contributed by atoms with Gasteiger partial charge in [0.05, 0.1) is 10.7 Å². The van der Waals surface area contributed by atoms with E-state index >= 15 is 0 Å². The number of benzene rings is 1. The first kappa shape index (κ1) is 16.9. The van der Waals surface area contributed by atoms with E-state index in [2.05, 4.69) is 15.6 Å². The number of amides is 2. The van der Waals surface area contributed by atoms with E-state index in [4.69, 9.17) is 0 Å². The lowest BCUT2D eigenvalue weighted by Crippen LogP contribution is -2.24. The van der Waals surface area contributed by atoms with Crippen molar-refractivity contribution >= 4 is 34.9 Å². The number of carbonyl (C=O) groups excluding carboxylic acids is 2. The molecule has 5 nitrogen and oxygen atoms in total. The molecule has 0 atom stereocenters. The standard InChI is InChI=1S/C17H19N3O2S/c1-3-9-18-17(22)13-5-4-6-14(10-13)20-16(21)8-7-15-11-23-12(2)19-15/h4-8,10-11H,3,9H2,1-2H3,(H,18,22)(H,20,21)/b8-7+. The van der Waals surface area contributed by atoms with E-state index in [0.717, 1.165) is 17.1 Å². The summed E-state index contributed by atoms with van der Waals surface area (Å²) in [4.78, 5) is 28.1. The topological polar surface area (TPSA) is 71.1 Å². The van der Waals surface area contributed by atoms with Crippen LogP contribution < -0.4 is 10.6 Å². The van der Waals surface area contributed by atoms with E-state index in [0.29, 0.717) is 17.8 Å². The highest BCUT2D eigenvalue weighted by Crippen LogP contribution is 2.12. The summed E-state index contributed by atoms with van der Waals surface area (Å²) < 4.78 is 0. The fourth-order valence-electron chi connectivity index (χ4n) is 1.88. The zero-order valence-electron chi connectivity index (χ0n) is 13.1. The maximum absolute atomic E-state index is 11.9. The van der Waals surface area contributed by atoms with Crippen LogP contribution in [-0.2, 0) is 4.79 Å². The van der Waals surface area contributed by atoms with Gasteiger partial charge in [-0.2, -0.15) is 0 Å². The second kappa shape index (κ2) is 8.24. The molecular formula is C17H19N3O2S. The molecule has 0 aliphatic heterocycles. The van der Waals surface area contributed by atoms with Gasteiger partial charge in [0, 0.05) is 29.3 Å². The van der Waals surface area contributed by atoms with Crippen LogP contribution in [0, 0.1) is 6.92 Å². The molecule has 1 heterocycles. The van der Waals surface area contributed by atoms with Gasteiger partial charge in [-0.1, -0.05) is 13.0 Å². The Labute approximate surface area is 139 Å². The van der Waals surface area contributed by atoms with Gasteiger partial charge in [-0.05, 0) is 37.6 Å². The molecule has 0 radical (unpaired) electrons. The Hall–Kier alpha value is -2.47. The van der Waals surface area contributed by atoms with E-state index in [9.17, 15) is 9.59 Å². The second-order valence-electron chi connectivity index (χ2n) is 4.95. The van der Waals surface area contributed by atoms with Crippen molar-refractivity contribution in [1.82, 2.24) is 10.3 Å². The number of hydrogen-bond acceptors (Lipinski definition) is 4. The zero-order valence-corrected chi connectivity index (χ0v) is 13.9. The fraction of sp³-hybridized carbons (Fsp3) is 0.235. The molecule has 0 spiro atoms. The molecule has 0 aliphatic carbocycles. The molecule has 0 fully saturated rings. The van der Waals surface area contributed by atoms with E-state index in [1.165, 1.54) is 17.4 Å². The van der Waals surface area contributed by atoms with Gasteiger partial charge in [-0.25, -0.2) is 4.98 Å². The smallest absolute Gasteiger partial charge is 0.251 e. The molecule has 2 amide bonds. The Balaban J connectivity index is 1.98. The highest BCUT2D eigenvalue weighted by atomic mass is 32.1. The van der Waals surface area contributed by atoms with Gasteiger partial charge < -0.3 is 10.6 Å². The van der Waals surface area contributed by atoms with Crippen molar-refractivity contribution in [3.8, 4) is 0 Å². The largest absolute Gasteiger partial charge is 0.352 e. The molecule has 120 valence electrons. The Morgan fingerprint density at radius 3 is 2.87 bits per heavy atom. The first-order chi connectivity index (χ1) is 11.1. The molecule has 1 aromatic carbocycles. The first-order valence-electron chi connectivity index (χ1n) is 7.38. The summed E-state index contributed by atoms with van der Waals surface area (Å²) in [7, 11) is 0. The first-order valence-corrected chi connectivity index (χ1v) is 8.26. The fourth-order valence-corrected chi connectivity index (χ4v) is 2.46. The van der Waals surface area contributed by atoms with Crippen LogP contribution in [0.15, 0.2) is 35.7 Å². The summed E-state index contributed by atoms with van der Waals surface area (Å²) in [6.07, 6.45) is 3.97. The van der Waals surface area contributed by atoms with Crippen molar-refractivity contribution in [2.75, 3.05) is 11.9 Å². The molecule has 0 saturated heterocycles. The summed E-state index contributed by atoms with van der Waals surface area (Å²) in [5.74, 6) is -0.404. The Morgan fingerprint density at radius 1 is 1.35 bits per heavy atom. The van der Waals surface area contributed by atoms with Crippen molar-refractivity contribution in [1.29, 1.82) is 0 Å². The van der Waals surface area contributed by atoms with E-state index in [-0.39, 0.29) is 11.8 Å². The molecule has 2 rings (SSSR count). The van der Waals surface area contributed by atoms with Gasteiger partial charge in [-0.15, -0.1) is 11.3 Å². The van der Waals surface area contributed by atoms with Gasteiger partial charge in [0.25, 0.3) is 5.91 Å². The van der Waals surface area contributed by atoms with Crippen LogP contribution in [0.1, 0.15) is 34.4 Å². The number of nitrogens with zero attached hydrogens (tertiary/aromatic N) is 1. The molecular weight excluding hydrogens is 310 g/mol. The Kier molecular flexibility index (Phi) is 6.05. The number of anilines is 1. The molecule has 1 aromatic heterocycles. The van der Waals surface area contributed by atoms with Crippen molar-refractivity contribution in [2.24, 2.45) is 0 Å². The summed E-state index contributed by atoms with van der Waals surface area (Å²) >= 11 is 1.53. The second-order valence-corrected chi connectivity index (χ2v) is 6.01. The monoisotopic (exact) mass is 329 g/mol. The van der Waals surface area contributed by atoms with E-state index in [1.807, 2.05) is 19.2 Å². The number of hydrogen-bond donors (Lipinski definition) is 2. The lowest BCUT2D eigenvalue weighted by molar-refractivity contribution is -0.111. The highest BCUT2D eigenvalue weighted by Gasteiger charge is 2.06. The summed E-state index contributed by atoms with van der Waals surface area (Å²) in [6.45, 7) is 4.54. The number of rotatable bonds is 6. The lowest BCUT2D eigenvalue weighted by Gasteiger charge is -2.06. The van der Waals surface area contributed by atoms with Crippen molar-refractivity contribution < 1.29 is 9.59 Å². The Morgan fingerprint density at radius 2 is 2.17 bits per heavy atom. The van der Waals surface area contributed by atoms with Gasteiger partial charge in [0.1, 0.15) is 0 Å². The minimum absolute atomic E-state index is 0.142. The number of aromatic nitrogens is 1. The van der Waals surface area contributed by atoms with Crippen molar-refractivity contribution in [3.05, 3.63) is 52.0 Å². The lowest BCUT2D eigenvalue weighted by atomic mass is 10.2. The maximum atomic E-state index is 11.9. The van der Waals surface area contributed by atoms with Crippen LogP contribution in [-0.4, -0.2) is 23.3 Å². The van der Waals surface area contributed by atoms with Gasteiger partial charge >= 0.3 is 0 Å². The van der Waals surface area contributed by atoms with Crippen LogP contribution in [0.5, 0.6) is 0 Å². The highest BCUT2D eigenvalue weighted by molar-refractivity contribution is 7.09. The average molecular weight is 329 g/mol. The SMILES string of the molecule is CCCNC(=O)c1cccc(NC(=O)/C=C/c2csc(C)n2)c1. The molecule has 0 aliphatic rings. The van der Waals surface area contributed by atoms with Gasteiger partial charge in [0.15, 0.2) is 0 Å². The van der Waals surface area contributed by atoms with Gasteiger partial charge in [-0.3, -0.25) is 9.59 Å². The quantitative estimate of drug-likeness (QED) is 0.799. The van der Waals surface area contributed by atoms with Crippen LogP contribution in [0.3, 0.4) is 0 Å². The molecule has 0 saturated carbocycles. The molecule has 23 heavy (non-hydrogen) atoms. The third-order valence-corrected chi connectivity index (χ3v) is 3.76. The van der Waals surface area contributed by atoms with Gasteiger partial charge in [0.2, 0.25) is 5.91 Å². The summed E-state index contributed by atoms with van der Waals surface area (Å²) in [5, 5.41) is 8.39. The predicted molar refractivity (Wildman–Crippen MR) is 93.6 cm³/mol. The summed E-state index contributed by atoms with van der Waals surface area (Å²) in [6, 6.07) is 6.86. The van der Waals surface area contributed by atoms with E-state index in [1.54, 1.807) is 30.3 Å². The normalized spacial score (nSPS) is 10.7. The molecule has 6 heteroatoms. The molecule has 0 unspecified atom stereocenters. The maximum Gasteiger partial charge on any atom is 0.251 e. The van der Waals surface area contributed by atoms with Crippen molar-refractivity contribution in [3.63, 3.8) is 0 Å². The molecule has 0 bridgehead atoms. The van der Waals surface area contributed by atoms with Crippen LogP contribution in [0.25, 0.3) is 6.08 Å². The molecule has 2 aromatic rings. The summed E-state index contributed by atoms with van der Waals surface area (Å²) in [5.41, 5.74) is 1.86. The third kappa shape index (κ3) is 5.34.